The molecule has 5 rings (SSSR count). The molecule has 7 heteroatoms. The van der Waals surface area contributed by atoms with E-state index in [1.807, 2.05) is 42.9 Å². The fourth-order valence-electron chi connectivity index (χ4n) is 3.53. The Morgan fingerprint density at radius 3 is 2.83 bits per heavy atom. The molecule has 2 aromatic carbocycles. The monoisotopic (exact) mass is 418 g/mol. The Balaban J connectivity index is 1.21. The maximum absolute atomic E-state index is 6.35. The van der Waals surface area contributed by atoms with E-state index >= 15 is 0 Å². The summed E-state index contributed by atoms with van der Waals surface area (Å²) in [6.45, 7) is 1.83. The number of aromatic nitrogens is 2. The van der Waals surface area contributed by atoms with Crippen LogP contribution in [0.4, 0.5) is 5.13 Å². The molecule has 0 spiro atoms. The summed E-state index contributed by atoms with van der Waals surface area (Å²) in [7, 11) is 0. The number of nitrogens with zero attached hydrogens (tertiary/aromatic N) is 2. The molecule has 2 aromatic heterocycles. The standard InChI is InChI=1S/C23H22N4O2S/c24-19(9-15-1-4-20-21(10-15)29-8-7-28-20)13-26-23-27-14-22(30-23)17-2-3-18-12-25-6-5-16(18)11-17/h1-6,10-12,14,19H,7-9,13,24H2,(H,26,27)/t19-/m0/s1. The molecule has 0 unspecified atom stereocenters. The maximum atomic E-state index is 6.35. The van der Waals surface area contributed by atoms with Crippen LogP contribution in [-0.2, 0) is 6.42 Å². The van der Waals surface area contributed by atoms with Crippen molar-refractivity contribution in [1.29, 1.82) is 0 Å². The molecule has 0 fully saturated rings. The Bertz CT molecular complexity index is 1180. The number of nitrogens with one attached hydrogen (secondary N) is 1. The summed E-state index contributed by atoms with van der Waals surface area (Å²) < 4.78 is 11.2. The van der Waals surface area contributed by atoms with E-state index < -0.39 is 0 Å². The van der Waals surface area contributed by atoms with Gasteiger partial charge in [-0.1, -0.05) is 29.5 Å². The number of rotatable bonds is 6. The van der Waals surface area contributed by atoms with Crippen LogP contribution in [0.15, 0.2) is 61.1 Å². The average molecular weight is 419 g/mol. The van der Waals surface area contributed by atoms with Crippen molar-refractivity contribution in [2.24, 2.45) is 5.73 Å². The minimum absolute atomic E-state index is 0.0342. The molecule has 152 valence electrons. The van der Waals surface area contributed by atoms with E-state index in [0.717, 1.165) is 44.4 Å². The van der Waals surface area contributed by atoms with E-state index in [9.17, 15) is 0 Å². The Morgan fingerprint density at radius 1 is 1.00 bits per heavy atom. The molecule has 0 bridgehead atoms. The number of hydrogen-bond acceptors (Lipinski definition) is 7. The number of anilines is 1. The molecule has 0 aliphatic carbocycles. The topological polar surface area (TPSA) is 82.3 Å². The van der Waals surface area contributed by atoms with Crippen molar-refractivity contribution >= 4 is 27.2 Å². The number of ether oxygens (including phenoxy) is 2. The lowest BCUT2D eigenvalue weighted by atomic mass is 10.1. The molecule has 0 radical (unpaired) electrons. The van der Waals surface area contributed by atoms with Crippen molar-refractivity contribution in [2.75, 3.05) is 25.1 Å². The van der Waals surface area contributed by atoms with Gasteiger partial charge in [-0.2, -0.15) is 0 Å². The zero-order valence-corrected chi connectivity index (χ0v) is 17.2. The first-order valence-electron chi connectivity index (χ1n) is 9.92. The number of pyridine rings is 1. The van der Waals surface area contributed by atoms with Gasteiger partial charge >= 0.3 is 0 Å². The van der Waals surface area contributed by atoms with Crippen molar-refractivity contribution in [3.63, 3.8) is 0 Å². The lowest BCUT2D eigenvalue weighted by Crippen LogP contribution is -2.31. The smallest absolute Gasteiger partial charge is 0.183 e. The zero-order valence-electron chi connectivity index (χ0n) is 16.4. The van der Waals surface area contributed by atoms with Gasteiger partial charge in [-0.3, -0.25) is 4.98 Å². The lowest BCUT2D eigenvalue weighted by Gasteiger charge is -2.19. The van der Waals surface area contributed by atoms with E-state index in [0.29, 0.717) is 19.8 Å². The van der Waals surface area contributed by atoms with E-state index in [1.165, 1.54) is 5.39 Å². The molecule has 3 N–H and O–H groups in total. The molecular formula is C23H22N4O2S. The summed E-state index contributed by atoms with van der Waals surface area (Å²) >= 11 is 1.63. The predicted molar refractivity (Wildman–Crippen MR) is 120 cm³/mol. The van der Waals surface area contributed by atoms with Crippen LogP contribution >= 0.6 is 11.3 Å². The largest absolute Gasteiger partial charge is 0.486 e. The Kier molecular flexibility index (Phi) is 5.21. The van der Waals surface area contributed by atoms with Gasteiger partial charge in [0.2, 0.25) is 0 Å². The maximum Gasteiger partial charge on any atom is 0.183 e. The van der Waals surface area contributed by atoms with Gasteiger partial charge < -0.3 is 20.5 Å². The Hall–Kier alpha value is -3.16. The van der Waals surface area contributed by atoms with Crippen LogP contribution < -0.4 is 20.5 Å². The average Bonchev–Trinajstić information content (AvgIpc) is 3.26. The minimum Gasteiger partial charge on any atom is -0.486 e. The van der Waals surface area contributed by atoms with Crippen molar-refractivity contribution in [1.82, 2.24) is 9.97 Å². The third-order valence-electron chi connectivity index (χ3n) is 5.05. The lowest BCUT2D eigenvalue weighted by molar-refractivity contribution is 0.171. The fraction of sp³-hybridized carbons (Fsp3) is 0.217. The molecule has 1 atom stereocenters. The van der Waals surface area contributed by atoms with Crippen LogP contribution in [0.3, 0.4) is 0 Å². The molecule has 1 aliphatic rings. The second-order valence-corrected chi connectivity index (χ2v) is 8.32. The van der Waals surface area contributed by atoms with Gasteiger partial charge in [-0.25, -0.2) is 4.98 Å². The van der Waals surface area contributed by atoms with Crippen LogP contribution in [0.2, 0.25) is 0 Å². The summed E-state index contributed by atoms with van der Waals surface area (Å²) in [6, 6.07) is 14.4. The summed E-state index contributed by atoms with van der Waals surface area (Å²) in [4.78, 5) is 9.80. The first-order chi connectivity index (χ1) is 14.7. The number of thiazole rings is 1. The van der Waals surface area contributed by atoms with E-state index in [4.69, 9.17) is 15.2 Å². The predicted octanol–water partition coefficient (Wildman–Crippen LogP) is 4.11. The first-order valence-corrected chi connectivity index (χ1v) is 10.7. The molecule has 0 saturated carbocycles. The number of hydrogen-bond donors (Lipinski definition) is 2. The van der Waals surface area contributed by atoms with Gasteiger partial charge in [0.1, 0.15) is 13.2 Å². The summed E-state index contributed by atoms with van der Waals surface area (Å²) in [5.41, 5.74) is 8.64. The van der Waals surface area contributed by atoms with Crippen LogP contribution in [0, 0.1) is 0 Å². The molecule has 4 aromatic rings. The van der Waals surface area contributed by atoms with Crippen molar-refractivity contribution in [3.05, 3.63) is 66.6 Å². The highest BCUT2D eigenvalue weighted by molar-refractivity contribution is 7.18. The van der Waals surface area contributed by atoms with Gasteiger partial charge in [-0.15, -0.1) is 0 Å². The minimum atomic E-state index is -0.0342. The van der Waals surface area contributed by atoms with Gasteiger partial charge in [0.25, 0.3) is 0 Å². The van der Waals surface area contributed by atoms with Crippen LogP contribution in [-0.4, -0.2) is 35.8 Å². The van der Waals surface area contributed by atoms with Gasteiger partial charge in [-0.05, 0) is 47.2 Å². The second kappa shape index (κ2) is 8.30. The van der Waals surface area contributed by atoms with E-state index in [-0.39, 0.29) is 6.04 Å². The molecule has 6 nitrogen and oxygen atoms in total. The number of benzene rings is 2. The summed E-state index contributed by atoms with van der Waals surface area (Å²) in [5.74, 6) is 1.60. The fourth-order valence-corrected chi connectivity index (χ4v) is 4.35. The molecule has 0 amide bonds. The van der Waals surface area contributed by atoms with Crippen LogP contribution in [0.5, 0.6) is 11.5 Å². The molecule has 0 saturated heterocycles. The van der Waals surface area contributed by atoms with Crippen LogP contribution in [0.1, 0.15) is 5.56 Å². The number of fused-ring (bicyclic) bond motifs is 2. The van der Waals surface area contributed by atoms with Gasteiger partial charge in [0, 0.05) is 36.6 Å². The van der Waals surface area contributed by atoms with E-state index in [1.54, 1.807) is 11.3 Å². The van der Waals surface area contributed by atoms with E-state index in [2.05, 4.69) is 33.5 Å². The molecule has 1 aliphatic heterocycles. The van der Waals surface area contributed by atoms with Crippen molar-refractivity contribution < 1.29 is 9.47 Å². The van der Waals surface area contributed by atoms with Gasteiger partial charge in [0.15, 0.2) is 16.6 Å². The Morgan fingerprint density at radius 2 is 1.90 bits per heavy atom. The number of nitrogens with two attached hydrogens (primary N) is 1. The summed E-state index contributed by atoms with van der Waals surface area (Å²) in [5, 5.41) is 6.55. The normalized spacial score (nSPS) is 13.9. The van der Waals surface area contributed by atoms with Crippen LogP contribution in [0.25, 0.3) is 21.2 Å². The quantitative estimate of drug-likeness (QED) is 0.490. The SMILES string of the molecule is N[C@H](CNc1ncc(-c2ccc3cnccc3c2)s1)Cc1ccc2c(c1)OCCO2. The third kappa shape index (κ3) is 4.08. The second-order valence-electron chi connectivity index (χ2n) is 7.29. The van der Waals surface area contributed by atoms with Gasteiger partial charge in [0.05, 0.1) is 4.88 Å². The molecule has 30 heavy (non-hydrogen) atoms. The first kappa shape index (κ1) is 18.8. The van der Waals surface area contributed by atoms with Crippen molar-refractivity contribution in [2.45, 2.75) is 12.5 Å². The highest BCUT2D eigenvalue weighted by Gasteiger charge is 2.13. The highest BCUT2D eigenvalue weighted by atomic mass is 32.1. The molecule has 3 heterocycles. The zero-order chi connectivity index (χ0) is 20.3. The Labute approximate surface area is 178 Å². The van der Waals surface area contributed by atoms with Crippen molar-refractivity contribution in [3.8, 4) is 21.9 Å². The highest BCUT2D eigenvalue weighted by Crippen LogP contribution is 2.32. The molecular weight excluding hydrogens is 396 g/mol. The summed E-state index contributed by atoms with van der Waals surface area (Å²) in [6.07, 6.45) is 6.35. The third-order valence-corrected chi connectivity index (χ3v) is 6.05.